The Kier molecular flexibility index (Phi) is 12.9. The van der Waals surface area contributed by atoms with E-state index >= 15 is 0 Å². The molecule has 2 saturated heterocycles. The van der Waals surface area contributed by atoms with Crippen LogP contribution in [0.15, 0.2) is 12.7 Å². The number of aliphatic hydroxyl groups excluding tert-OH is 2. The van der Waals surface area contributed by atoms with Crippen LogP contribution in [0.4, 0.5) is 5.82 Å². The van der Waals surface area contributed by atoms with Crippen LogP contribution in [0.2, 0.25) is 0 Å². The second-order valence-corrected chi connectivity index (χ2v) is 9.74. The number of fused-ring (bicyclic) bond motifs is 1. The Hall–Kier alpha value is -2.43. The van der Waals surface area contributed by atoms with E-state index < -0.39 is 30.4 Å². The van der Waals surface area contributed by atoms with E-state index in [1.807, 2.05) is 4.90 Å². The number of imidazole rings is 1. The minimum Gasteiger partial charge on any atom is -0.387 e. The van der Waals surface area contributed by atoms with E-state index in [9.17, 15) is 19.8 Å². The van der Waals surface area contributed by atoms with Gasteiger partial charge in [0.2, 0.25) is 5.91 Å². The molecule has 0 aliphatic carbocycles. The average Bonchev–Trinajstić information content (AvgIpc) is 3.48. The van der Waals surface area contributed by atoms with Crippen LogP contribution < -0.4 is 27.0 Å². The Morgan fingerprint density at radius 2 is 1.65 bits per heavy atom. The molecule has 221 valence electrons. The van der Waals surface area contributed by atoms with Crippen molar-refractivity contribution in [3.05, 3.63) is 12.7 Å². The number of aromatic nitrogens is 4. The molecule has 0 unspecified atom stereocenters. The number of aliphatic hydroxyl groups is 2. The third kappa shape index (κ3) is 8.30. The molecule has 2 aromatic rings. The zero-order valence-corrected chi connectivity index (χ0v) is 23.6. The van der Waals surface area contributed by atoms with Crippen molar-refractivity contribution in [3.8, 4) is 0 Å². The summed E-state index contributed by atoms with van der Waals surface area (Å²) in [4.78, 5) is 39.5. The van der Waals surface area contributed by atoms with Crippen LogP contribution >= 0.6 is 0 Å². The van der Waals surface area contributed by atoms with E-state index in [1.165, 1.54) is 17.2 Å². The Bertz CT molecular complexity index is 1080. The summed E-state index contributed by atoms with van der Waals surface area (Å²) < 4.78 is 7.14. The topological polar surface area (TPSA) is 205 Å². The Labute approximate surface area is 243 Å². The number of carbonyl (C=O) groups excluding carboxylic acids is 2. The standard InChI is InChI=1S/C24H40N10O5.Mn/c25-21-17-22(31-14-30-21)34(15-32-17)24-19(37)18(36)20(39-24)23(38)29-5-3-1-2-4-16(35)33-12-10-27-8-6-26-7-9-28-11-13-33;/h14-15,18-20,24,26-28,36-37H,1-13H2,(H,29,38)(H2,25,30,31);/q;+2/t18-,19+,20-,24+;/m0./s1. The number of anilines is 1. The molecule has 0 spiro atoms. The van der Waals surface area contributed by atoms with Gasteiger partial charge in [0.25, 0.3) is 5.91 Å². The molecule has 2 fully saturated rings. The van der Waals surface area contributed by atoms with Gasteiger partial charge >= 0.3 is 17.1 Å². The van der Waals surface area contributed by atoms with Crippen molar-refractivity contribution in [2.24, 2.45) is 0 Å². The zero-order chi connectivity index (χ0) is 27.6. The van der Waals surface area contributed by atoms with E-state index in [2.05, 4.69) is 36.2 Å². The Morgan fingerprint density at radius 3 is 2.35 bits per heavy atom. The van der Waals surface area contributed by atoms with Crippen molar-refractivity contribution in [3.63, 3.8) is 0 Å². The molecule has 4 heterocycles. The van der Waals surface area contributed by atoms with E-state index in [0.29, 0.717) is 43.6 Å². The van der Waals surface area contributed by atoms with E-state index in [-0.39, 0.29) is 28.8 Å². The van der Waals surface area contributed by atoms with Crippen LogP contribution in [0.5, 0.6) is 0 Å². The first-order chi connectivity index (χ1) is 19.0. The van der Waals surface area contributed by atoms with Crippen molar-refractivity contribution >= 4 is 28.8 Å². The molecule has 0 saturated carbocycles. The molecule has 2 aromatic heterocycles. The van der Waals surface area contributed by atoms with Crippen LogP contribution in [-0.2, 0) is 31.4 Å². The number of carbonyl (C=O) groups is 2. The van der Waals surface area contributed by atoms with Gasteiger partial charge in [-0.3, -0.25) is 14.2 Å². The number of nitrogens with zero attached hydrogens (tertiary/aromatic N) is 5. The summed E-state index contributed by atoms with van der Waals surface area (Å²) in [6, 6.07) is 0. The van der Waals surface area contributed by atoms with Crippen LogP contribution in [0.3, 0.4) is 0 Å². The van der Waals surface area contributed by atoms with E-state index in [4.69, 9.17) is 10.5 Å². The van der Waals surface area contributed by atoms with E-state index in [1.54, 1.807) is 0 Å². The molecule has 0 bridgehead atoms. The first-order valence-electron chi connectivity index (χ1n) is 13.6. The molecule has 2 aliphatic rings. The zero-order valence-electron chi connectivity index (χ0n) is 22.5. The minimum atomic E-state index is -1.43. The van der Waals surface area contributed by atoms with Gasteiger partial charge in [0.05, 0.1) is 6.33 Å². The molecule has 4 rings (SSSR count). The third-order valence-corrected chi connectivity index (χ3v) is 6.95. The van der Waals surface area contributed by atoms with Gasteiger partial charge in [-0.1, -0.05) is 6.42 Å². The third-order valence-electron chi connectivity index (χ3n) is 6.95. The first-order valence-corrected chi connectivity index (χ1v) is 13.6. The van der Waals surface area contributed by atoms with Crippen molar-refractivity contribution in [2.75, 3.05) is 64.6 Å². The van der Waals surface area contributed by atoms with Crippen molar-refractivity contribution < 1.29 is 41.6 Å². The van der Waals surface area contributed by atoms with Gasteiger partial charge in [-0.2, -0.15) is 0 Å². The van der Waals surface area contributed by atoms with Gasteiger partial charge in [0.1, 0.15) is 24.1 Å². The summed E-state index contributed by atoms with van der Waals surface area (Å²) in [7, 11) is 0. The fourth-order valence-corrected chi connectivity index (χ4v) is 4.73. The quantitative estimate of drug-likeness (QED) is 0.122. The normalized spacial score (nSPS) is 24.6. The largest absolute Gasteiger partial charge is 2.00 e. The van der Waals surface area contributed by atoms with Crippen molar-refractivity contribution in [1.82, 2.24) is 45.7 Å². The van der Waals surface area contributed by atoms with Crippen molar-refractivity contribution in [2.45, 2.75) is 50.2 Å². The van der Waals surface area contributed by atoms with Gasteiger partial charge < -0.3 is 46.9 Å². The Balaban J connectivity index is 0.00000441. The molecular weight excluding hydrogens is 563 g/mol. The summed E-state index contributed by atoms with van der Waals surface area (Å²) in [5.41, 5.74) is 6.47. The number of nitrogens with two attached hydrogens (primary N) is 1. The number of hydrogen-bond acceptors (Lipinski definition) is 12. The van der Waals surface area contributed by atoms with Crippen LogP contribution in [0, 0.1) is 0 Å². The van der Waals surface area contributed by atoms with Crippen LogP contribution in [0.25, 0.3) is 11.2 Å². The maximum atomic E-state index is 12.7. The maximum Gasteiger partial charge on any atom is 2.00 e. The molecule has 0 aromatic carbocycles. The summed E-state index contributed by atoms with van der Waals surface area (Å²) in [6.45, 7) is 6.83. The molecule has 8 N–H and O–H groups in total. The molecular formula is C24H40MnN10O5+2. The number of unbranched alkanes of at least 4 members (excludes halogenated alkanes) is 2. The number of nitrogen functional groups attached to an aromatic ring is 1. The summed E-state index contributed by atoms with van der Waals surface area (Å²) >= 11 is 0. The fraction of sp³-hybridized carbons (Fsp3) is 0.708. The van der Waals surface area contributed by atoms with E-state index in [0.717, 1.165) is 52.1 Å². The van der Waals surface area contributed by atoms with Crippen molar-refractivity contribution in [1.29, 1.82) is 0 Å². The smallest absolute Gasteiger partial charge is 0.387 e. The second kappa shape index (κ2) is 16.1. The maximum absolute atomic E-state index is 12.7. The molecule has 15 nitrogen and oxygen atoms in total. The predicted molar refractivity (Wildman–Crippen MR) is 142 cm³/mol. The van der Waals surface area contributed by atoms with Gasteiger partial charge in [-0.15, -0.1) is 0 Å². The van der Waals surface area contributed by atoms with Gasteiger partial charge in [-0.25, -0.2) is 15.0 Å². The summed E-state index contributed by atoms with van der Waals surface area (Å²) in [5, 5.41) is 33.8. The molecule has 40 heavy (non-hydrogen) atoms. The second-order valence-electron chi connectivity index (χ2n) is 9.74. The number of nitrogens with one attached hydrogen (secondary N) is 4. The van der Waals surface area contributed by atoms with Gasteiger partial charge in [0, 0.05) is 65.3 Å². The molecule has 16 heteroatoms. The number of ether oxygens (including phenoxy) is 1. The number of rotatable bonds is 8. The summed E-state index contributed by atoms with van der Waals surface area (Å²) in [5.74, 6) is -0.208. The SMILES string of the molecule is Nc1ncnc2c1ncn2[C@@H]1O[C@H](C(=O)NCCCCCC(=O)N2CCNCCNCCNCC2)[C@@H](O)[C@H]1O.[Mn+2]. The van der Waals surface area contributed by atoms with Crippen LogP contribution in [0.1, 0.15) is 31.9 Å². The molecule has 2 aliphatic heterocycles. The summed E-state index contributed by atoms with van der Waals surface area (Å²) in [6.07, 6.45) is 0.148. The molecule has 4 atom stereocenters. The average molecular weight is 604 g/mol. The van der Waals surface area contributed by atoms with Crippen LogP contribution in [-0.4, -0.2) is 124 Å². The molecule has 1 radical (unpaired) electrons. The first kappa shape index (κ1) is 32.1. The van der Waals surface area contributed by atoms with Gasteiger partial charge in [-0.05, 0) is 12.8 Å². The number of hydrogen-bond donors (Lipinski definition) is 7. The number of amides is 2. The minimum absolute atomic E-state index is 0. The molecule has 2 amide bonds. The van der Waals surface area contributed by atoms with Gasteiger partial charge in [0.15, 0.2) is 23.8 Å². The Morgan fingerprint density at radius 1 is 0.975 bits per heavy atom. The monoisotopic (exact) mass is 603 g/mol. The fourth-order valence-electron chi connectivity index (χ4n) is 4.73. The predicted octanol–water partition coefficient (Wildman–Crippen LogP) is -2.69.